The zero-order valence-corrected chi connectivity index (χ0v) is 12.4. The van der Waals surface area contributed by atoms with Crippen LogP contribution in [-0.4, -0.2) is 21.2 Å². The largest absolute Gasteiger partial charge is 0.326 e. The number of aromatic amines is 1. The molecule has 0 fully saturated rings. The first-order valence-electron chi connectivity index (χ1n) is 5.97. The van der Waals surface area contributed by atoms with Gasteiger partial charge in [0, 0.05) is 15.8 Å². The van der Waals surface area contributed by atoms with E-state index in [1.54, 1.807) is 23.1 Å². The van der Waals surface area contributed by atoms with Gasteiger partial charge in [0.15, 0.2) is 0 Å². The number of H-pyrrole nitrogens is 1. The summed E-state index contributed by atoms with van der Waals surface area (Å²) in [5, 5.41) is 8.05. The lowest BCUT2D eigenvalue weighted by Crippen LogP contribution is -2.25. The molecule has 2 heterocycles. The minimum Gasteiger partial charge on any atom is -0.326 e. The Labute approximate surface area is 115 Å². The van der Waals surface area contributed by atoms with Crippen LogP contribution in [-0.2, 0) is 0 Å². The van der Waals surface area contributed by atoms with Gasteiger partial charge in [-0.25, -0.2) is 4.98 Å². The van der Waals surface area contributed by atoms with Crippen LogP contribution in [0.1, 0.15) is 34.2 Å². The third-order valence-corrected chi connectivity index (χ3v) is 5.19. The average Bonchev–Trinajstić information content (AvgIpc) is 2.94. The van der Waals surface area contributed by atoms with E-state index in [-0.39, 0.29) is 11.3 Å². The zero-order valence-electron chi connectivity index (χ0n) is 10.8. The van der Waals surface area contributed by atoms with Crippen molar-refractivity contribution in [2.45, 2.75) is 43.6 Å². The smallest absolute Gasteiger partial charge is 0.209 e. The molecule has 0 amide bonds. The summed E-state index contributed by atoms with van der Waals surface area (Å²) >= 11 is 3.44. The number of thioether (sulfide) groups is 1. The van der Waals surface area contributed by atoms with Crippen molar-refractivity contribution in [2.75, 3.05) is 0 Å². The molecule has 6 heteroatoms. The van der Waals surface area contributed by atoms with Crippen molar-refractivity contribution in [3.63, 3.8) is 0 Å². The number of thiophene rings is 1. The minimum absolute atomic E-state index is 0.117. The standard InChI is InChI=1S/C12H18N4S2/c1-4-9(13)11(10-6-5-7(2)17-10)18-12-14-8(3)15-16-12/h5-6,9,11H,4,13H2,1-3H3,(H,14,15,16). The van der Waals surface area contributed by atoms with Gasteiger partial charge in [0.25, 0.3) is 0 Å². The average molecular weight is 282 g/mol. The van der Waals surface area contributed by atoms with Gasteiger partial charge in [-0.15, -0.1) is 16.4 Å². The molecule has 4 nitrogen and oxygen atoms in total. The van der Waals surface area contributed by atoms with Gasteiger partial charge >= 0.3 is 0 Å². The lowest BCUT2D eigenvalue weighted by atomic mass is 10.1. The van der Waals surface area contributed by atoms with Crippen LogP contribution in [0.15, 0.2) is 17.3 Å². The summed E-state index contributed by atoms with van der Waals surface area (Å²) in [5.74, 6) is 0.837. The fraction of sp³-hybridized carbons (Fsp3) is 0.500. The molecule has 98 valence electrons. The first-order chi connectivity index (χ1) is 8.60. The van der Waals surface area contributed by atoms with E-state index < -0.39 is 0 Å². The maximum absolute atomic E-state index is 6.23. The van der Waals surface area contributed by atoms with Crippen molar-refractivity contribution in [2.24, 2.45) is 5.73 Å². The second-order valence-corrected chi connectivity index (χ2v) is 6.69. The Morgan fingerprint density at radius 2 is 2.22 bits per heavy atom. The zero-order chi connectivity index (χ0) is 13.1. The lowest BCUT2D eigenvalue weighted by molar-refractivity contribution is 0.638. The molecule has 2 aromatic rings. The summed E-state index contributed by atoms with van der Waals surface area (Å²) in [4.78, 5) is 6.96. The van der Waals surface area contributed by atoms with Crippen molar-refractivity contribution >= 4 is 23.1 Å². The Balaban J connectivity index is 2.20. The van der Waals surface area contributed by atoms with Crippen LogP contribution in [0.4, 0.5) is 0 Å². The number of aryl methyl sites for hydroxylation is 2. The summed E-state index contributed by atoms with van der Waals surface area (Å²) in [6, 6.07) is 4.41. The maximum atomic E-state index is 6.23. The Bertz CT molecular complexity index is 506. The molecule has 0 aromatic carbocycles. The van der Waals surface area contributed by atoms with Gasteiger partial charge in [0.05, 0.1) is 5.25 Å². The third kappa shape index (κ3) is 3.13. The molecular weight excluding hydrogens is 264 g/mol. The van der Waals surface area contributed by atoms with E-state index in [1.165, 1.54) is 9.75 Å². The van der Waals surface area contributed by atoms with Crippen molar-refractivity contribution < 1.29 is 0 Å². The SMILES string of the molecule is CCC(N)C(Sc1n[nH]c(C)n1)c1ccc(C)s1. The van der Waals surface area contributed by atoms with E-state index in [0.29, 0.717) is 0 Å². The first kappa shape index (κ1) is 13.6. The van der Waals surface area contributed by atoms with Crippen LogP contribution in [0.3, 0.4) is 0 Å². The Hall–Kier alpha value is -0.850. The molecule has 0 spiro atoms. The summed E-state index contributed by atoms with van der Waals surface area (Å²) in [6.07, 6.45) is 0.942. The van der Waals surface area contributed by atoms with E-state index in [9.17, 15) is 0 Å². The van der Waals surface area contributed by atoms with Crippen molar-refractivity contribution in [3.05, 3.63) is 27.7 Å². The summed E-state index contributed by atoms with van der Waals surface area (Å²) in [7, 11) is 0. The molecule has 0 aliphatic rings. The number of nitrogens with one attached hydrogen (secondary N) is 1. The molecule has 2 rings (SSSR count). The van der Waals surface area contributed by atoms with Gasteiger partial charge in [-0.1, -0.05) is 18.7 Å². The van der Waals surface area contributed by atoms with Crippen LogP contribution in [0.5, 0.6) is 0 Å². The second-order valence-electron chi connectivity index (χ2n) is 4.26. The molecule has 0 radical (unpaired) electrons. The molecule has 0 saturated carbocycles. The third-order valence-electron chi connectivity index (χ3n) is 2.71. The number of hydrogen-bond acceptors (Lipinski definition) is 5. The Morgan fingerprint density at radius 1 is 1.44 bits per heavy atom. The first-order valence-corrected chi connectivity index (χ1v) is 7.67. The maximum Gasteiger partial charge on any atom is 0.209 e. The highest BCUT2D eigenvalue weighted by Gasteiger charge is 2.23. The summed E-state index contributed by atoms with van der Waals surface area (Å²) in [5.41, 5.74) is 6.23. The van der Waals surface area contributed by atoms with E-state index in [2.05, 4.69) is 41.2 Å². The molecular formula is C12H18N4S2. The topological polar surface area (TPSA) is 67.6 Å². The van der Waals surface area contributed by atoms with Crippen LogP contribution < -0.4 is 5.73 Å². The highest BCUT2D eigenvalue weighted by molar-refractivity contribution is 7.99. The van der Waals surface area contributed by atoms with Crippen molar-refractivity contribution in [1.29, 1.82) is 0 Å². The fourth-order valence-electron chi connectivity index (χ4n) is 1.67. The number of nitrogens with zero attached hydrogens (tertiary/aromatic N) is 2. The van der Waals surface area contributed by atoms with Crippen molar-refractivity contribution in [3.8, 4) is 0 Å². The molecule has 2 unspecified atom stereocenters. The molecule has 3 N–H and O–H groups in total. The number of hydrogen-bond donors (Lipinski definition) is 2. The van der Waals surface area contributed by atoms with E-state index in [4.69, 9.17) is 5.73 Å². The van der Waals surface area contributed by atoms with Crippen LogP contribution in [0, 0.1) is 13.8 Å². The van der Waals surface area contributed by atoms with Crippen LogP contribution >= 0.6 is 23.1 Å². The van der Waals surface area contributed by atoms with Crippen LogP contribution in [0.2, 0.25) is 0 Å². The fourth-order valence-corrected chi connectivity index (χ4v) is 3.97. The van der Waals surface area contributed by atoms with E-state index in [0.717, 1.165) is 17.4 Å². The van der Waals surface area contributed by atoms with Gasteiger partial charge in [-0.3, -0.25) is 5.10 Å². The molecule has 2 atom stereocenters. The summed E-state index contributed by atoms with van der Waals surface area (Å²) in [6.45, 7) is 6.13. The summed E-state index contributed by atoms with van der Waals surface area (Å²) < 4.78 is 0. The van der Waals surface area contributed by atoms with Crippen LogP contribution in [0.25, 0.3) is 0 Å². The molecule has 0 aliphatic carbocycles. The normalized spacial score (nSPS) is 14.7. The number of nitrogens with two attached hydrogens (primary N) is 1. The lowest BCUT2D eigenvalue weighted by Gasteiger charge is -2.19. The molecule has 0 bridgehead atoms. The van der Waals surface area contributed by atoms with Gasteiger partial charge < -0.3 is 5.73 Å². The number of rotatable bonds is 5. The Kier molecular flexibility index (Phi) is 4.42. The van der Waals surface area contributed by atoms with Gasteiger partial charge in [-0.2, -0.15) is 0 Å². The van der Waals surface area contributed by atoms with Crippen molar-refractivity contribution in [1.82, 2.24) is 15.2 Å². The monoisotopic (exact) mass is 282 g/mol. The molecule has 18 heavy (non-hydrogen) atoms. The van der Waals surface area contributed by atoms with Gasteiger partial charge in [-0.05, 0) is 32.4 Å². The Morgan fingerprint density at radius 3 is 2.72 bits per heavy atom. The molecule has 0 aliphatic heterocycles. The van der Waals surface area contributed by atoms with E-state index in [1.807, 2.05) is 6.92 Å². The molecule has 2 aromatic heterocycles. The predicted octanol–water partition coefficient (Wildman–Crippen LogP) is 3.05. The van der Waals surface area contributed by atoms with E-state index >= 15 is 0 Å². The van der Waals surface area contributed by atoms with Gasteiger partial charge in [0.2, 0.25) is 5.16 Å². The highest BCUT2D eigenvalue weighted by atomic mass is 32.2. The molecule has 0 saturated heterocycles. The highest BCUT2D eigenvalue weighted by Crippen LogP contribution is 2.39. The minimum atomic E-state index is 0.117. The quantitative estimate of drug-likeness (QED) is 0.827. The second kappa shape index (κ2) is 5.86. The van der Waals surface area contributed by atoms with Gasteiger partial charge in [0.1, 0.15) is 5.82 Å². The predicted molar refractivity (Wildman–Crippen MR) is 77.0 cm³/mol. The number of aromatic nitrogens is 3.